The van der Waals surface area contributed by atoms with Gasteiger partial charge in [0.25, 0.3) is 0 Å². The predicted molar refractivity (Wildman–Crippen MR) is 82.2 cm³/mol. The summed E-state index contributed by atoms with van der Waals surface area (Å²) in [7, 11) is 0. The summed E-state index contributed by atoms with van der Waals surface area (Å²) in [5, 5.41) is 12.3. The maximum atomic E-state index is 10.2. The quantitative estimate of drug-likeness (QED) is 0.854. The number of thiophene rings is 1. The Hall–Kier alpha value is -1.14. The minimum atomic E-state index is -0.458. The average molecular weight is 307 g/mol. The van der Waals surface area contributed by atoms with Crippen LogP contribution in [-0.4, -0.2) is 35.8 Å². The van der Waals surface area contributed by atoms with Crippen LogP contribution in [0.3, 0.4) is 0 Å². The van der Waals surface area contributed by atoms with Gasteiger partial charge in [-0.2, -0.15) is 0 Å². The van der Waals surface area contributed by atoms with Gasteiger partial charge in [-0.1, -0.05) is 6.07 Å². The van der Waals surface area contributed by atoms with Crippen molar-refractivity contribution < 1.29 is 14.3 Å². The number of hydrogen-bond donors (Lipinski definition) is 1. The molecule has 3 rings (SSSR count). The van der Waals surface area contributed by atoms with Crippen molar-refractivity contribution in [1.29, 1.82) is 0 Å². The Bertz CT molecular complexity index is 512. The highest BCUT2D eigenvalue weighted by Crippen LogP contribution is 2.34. The zero-order valence-corrected chi connectivity index (χ0v) is 12.8. The van der Waals surface area contributed by atoms with Gasteiger partial charge < -0.3 is 14.3 Å². The fourth-order valence-corrected chi connectivity index (χ4v) is 3.76. The smallest absolute Gasteiger partial charge is 0.129 e. The summed E-state index contributed by atoms with van der Waals surface area (Å²) in [5.74, 6) is 0.792. The van der Waals surface area contributed by atoms with Crippen molar-refractivity contribution in [2.24, 2.45) is 0 Å². The molecule has 0 aromatic carbocycles. The number of hydrogen-bond acceptors (Lipinski definition) is 5. The van der Waals surface area contributed by atoms with Crippen molar-refractivity contribution >= 4 is 11.3 Å². The molecule has 0 bridgehead atoms. The van der Waals surface area contributed by atoms with Gasteiger partial charge in [0.1, 0.15) is 12.4 Å². The first-order valence-corrected chi connectivity index (χ1v) is 8.26. The summed E-state index contributed by atoms with van der Waals surface area (Å²) in [4.78, 5) is 3.77. The Morgan fingerprint density at radius 3 is 3.14 bits per heavy atom. The number of likely N-dealkylation sites (tertiary alicyclic amines) is 1. The van der Waals surface area contributed by atoms with E-state index >= 15 is 0 Å². The van der Waals surface area contributed by atoms with Gasteiger partial charge in [-0.25, -0.2) is 0 Å². The van der Waals surface area contributed by atoms with Gasteiger partial charge in [-0.05, 0) is 43.0 Å². The largest absolute Gasteiger partial charge is 0.467 e. The summed E-state index contributed by atoms with van der Waals surface area (Å²) in [6, 6.07) is 8.46. The molecule has 2 aromatic heterocycles. The van der Waals surface area contributed by atoms with Crippen LogP contribution in [0.1, 0.15) is 29.5 Å². The van der Waals surface area contributed by atoms with E-state index in [2.05, 4.69) is 22.4 Å². The summed E-state index contributed by atoms with van der Waals surface area (Å²) in [6.07, 6.45) is 3.55. The fraction of sp³-hybridized carbons (Fsp3) is 0.500. The Morgan fingerprint density at radius 1 is 1.43 bits per heavy atom. The molecule has 114 valence electrons. The molecule has 5 heteroatoms. The molecule has 1 aliphatic rings. The van der Waals surface area contributed by atoms with Crippen molar-refractivity contribution in [2.45, 2.75) is 31.6 Å². The molecule has 21 heavy (non-hydrogen) atoms. The normalized spacial score (nSPS) is 20.9. The Labute approximate surface area is 129 Å². The standard InChI is InChI=1S/C16H21NO3S/c18-13(11-19-12-14-4-2-8-20-14)10-17-7-1-5-15(17)16-6-3-9-21-16/h2-4,6,8-9,13,15,18H,1,5,7,10-12H2/t13-,15-/m0/s1. The Kier molecular flexibility index (Phi) is 5.08. The predicted octanol–water partition coefficient (Wildman–Crippen LogP) is 3.06. The molecular formula is C16H21NO3S. The molecule has 1 saturated heterocycles. The second-order valence-electron chi connectivity index (χ2n) is 5.42. The molecule has 0 amide bonds. The van der Waals surface area contributed by atoms with E-state index in [1.165, 1.54) is 17.7 Å². The number of β-amino-alcohol motifs (C(OH)–C–C–N with tert-alkyl or cyclic N) is 1. The fourth-order valence-electron chi connectivity index (χ4n) is 2.86. The summed E-state index contributed by atoms with van der Waals surface area (Å²) >= 11 is 1.80. The Balaban J connectivity index is 1.44. The molecule has 1 aliphatic heterocycles. The lowest BCUT2D eigenvalue weighted by Crippen LogP contribution is -2.34. The van der Waals surface area contributed by atoms with Crippen LogP contribution in [0.4, 0.5) is 0 Å². The number of nitrogens with zero attached hydrogens (tertiary/aromatic N) is 1. The van der Waals surface area contributed by atoms with Crippen molar-refractivity contribution in [2.75, 3.05) is 19.7 Å². The summed E-state index contributed by atoms with van der Waals surface area (Å²) in [6.45, 7) is 2.48. The first kappa shape index (κ1) is 14.8. The third-order valence-electron chi connectivity index (χ3n) is 3.82. The van der Waals surface area contributed by atoms with Gasteiger partial charge in [-0.15, -0.1) is 11.3 Å². The van der Waals surface area contributed by atoms with E-state index in [4.69, 9.17) is 9.15 Å². The number of aliphatic hydroxyl groups is 1. The van der Waals surface area contributed by atoms with Crippen LogP contribution in [0.5, 0.6) is 0 Å². The first-order chi connectivity index (χ1) is 10.3. The average Bonchev–Trinajstić information content (AvgIpc) is 3.20. The second kappa shape index (κ2) is 7.22. The lowest BCUT2D eigenvalue weighted by molar-refractivity contribution is 0.00326. The third kappa shape index (κ3) is 3.95. The molecule has 2 atom stereocenters. The van der Waals surface area contributed by atoms with E-state index < -0.39 is 6.10 Å². The molecule has 1 fully saturated rings. The van der Waals surface area contributed by atoms with Crippen molar-refractivity contribution in [3.8, 4) is 0 Å². The highest BCUT2D eigenvalue weighted by Gasteiger charge is 2.28. The van der Waals surface area contributed by atoms with Gasteiger partial charge >= 0.3 is 0 Å². The zero-order valence-electron chi connectivity index (χ0n) is 12.0. The number of furan rings is 1. The third-order valence-corrected chi connectivity index (χ3v) is 4.79. The highest BCUT2D eigenvalue weighted by atomic mass is 32.1. The van der Waals surface area contributed by atoms with Crippen LogP contribution in [0.25, 0.3) is 0 Å². The summed E-state index contributed by atoms with van der Waals surface area (Å²) < 4.78 is 10.7. The molecule has 2 aromatic rings. The van der Waals surface area contributed by atoms with Crippen LogP contribution in [0.15, 0.2) is 40.3 Å². The molecule has 0 saturated carbocycles. The van der Waals surface area contributed by atoms with E-state index in [0.29, 0.717) is 25.8 Å². The van der Waals surface area contributed by atoms with Crippen LogP contribution in [0, 0.1) is 0 Å². The SMILES string of the molecule is O[C@H](COCc1ccco1)CN1CCC[C@H]1c1cccs1. The molecule has 3 heterocycles. The molecular weight excluding hydrogens is 286 g/mol. The lowest BCUT2D eigenvalue weighted by atomic mass is 10.2. The number of ether oxygens (including phenoxy) is 1. The van der Waals surface area contributed by atoms with Crippen LogP contribution in [0.2, 0.25) is 0 Å². The second-order valence-corrected chi connectivity index (χ2v) is 6.40. The first-order valence-electron chi connectivity index (χ1n) is 7.38. The van der Waals surface area contributed by atoms with E-state index in [-0.39, 0.29) is 0 Å². The van der Waals surface area contributed by atoms with Gasteiger partial charge in [0, 0.05) is 17.5 Å². The molecule has 4 nitrogen and oxygen atoms in total. The van der Waals surface area contributed by atoms with E-state index in [1.54, 1.807) is 17.6 Å². The molecule has 0 radical (unpaired) electrons. The van der Waals surface area contributed by atoms with Gasteiger partial charge in [0.15, 0.2) is 0 Å². The van der Waals surface area contributed by atoms with E-state index in [9.17, 15) is 5.11 Å². The maximum absolute atomic E-state index is 10.2. The van der Waals surface area contributed by atoms with Crippen LogP contribution >= 0.6 is 11.3 Å². The van der Waals surface area contributed by atoms with E-state index in [0.717, 1.165) is 12.3 Å². The van der Waals surface area contributed by atoms with Gasteiger partial charge in [-0.3, -0.25) is 4.90 Å². The minimum Gasteiger partial charge on any atom is -0.467 e. The van der Waals surface area contributed by atoms with Crippen molar-refractivity contribution in [3.05, 3.63) is 46.5 Å². The van der Waals surface area contributed by atoms with E-state index in [1.807, 2.05) is 12.1 Å². The minimum absolute atomic E-state index is 0.342. The number of aliphatic hydroxyl groups excluding tert-OH is 1. The topological polar surface area (TPSA) is 45.8 Å². The molecule has 0 spiro atoms. The monoisotopic (exact) mass is 307 g/mol. The van der Waals surface area contributed by atoms with Crippen molar-refractivity contribution in [1.82, 2.24) is 4.90 Å². The number of rotatable bonds is 7. The zero-order chi connectivity index (χ0) is 14.5. The van der Waals surface area contributed by atoms with Crippen molar-refractivity contribution in [3.63, 3.8) is 0 Å². The highest BCUT2D eigenvalue weighted by molar-refractivity contribution is 7.10. The molecule has 1 N–H and O–H groups in total. The lowest BCUT2D eigenvalue weighted by Gasteiger charge is -2.26. The van der Waals surface area contributed by atoms with Crippen LogP contribution < -0.4 is 0 Å². The Morgan fingerprint density at radius 2 is 2.38 bits per heavy atom. The molecule has 0 aliphatic carbocycles. The maximum Gasteiger partial charge on any atom is 0.129 e. The molecule has 0 unspecified atom stereocenters. The summed E-state index contributed by atoms with van der Waals surface area (Å²) in [5.41, 5.74) is 0. The van der Waals surface area contributed by atoms with Gasteiger partial charge in [0.05, 0.1) is 19.0 Å². The van der Waals surface area contributed by atoms with Crippen LogP contribution in [-0.2, 0) is 11.3 Å². The van der Waals surface area contributed by atoms with Gasteiger partial charge in [0.2, 0.25) is 0 Å².